The summed E-state index contributed by atoms with van der Waals surface area (Å²) in [5.41, 5.74) is 5.65. The van der Waals surface area contributed by atoms with Crippen LogP contribution in [0.25, 0.3) is 0 Å². The summed E-state index contributed by atoms with van der Waals surface area (Å²) >= 11 is 0. The third-order valence-electron chi connectivity index (χ3n) is 5.98. The van der Waals surface area contributed by atoms with Gasteiger partial charge in [-0.1, -0.05) is 25.6 Å². The predicted octanol–water partition coefficient (Wildman–Crippen LogP) is 3.21. The van der Waals surface area contributed by atoms with E-state index in [-0.39, 0.29) is 6.15 Å². The lowest BCUT2D eigenvalue weighted by Crippen LogP contribution is -2.48. The molecule has 32 heavy (non-hydrogen) atoms. The van der Waals surface area contributed by atoms with E-state index in [1.54, 1.807) is 10.4 Å². The first-order chi connectivity index (χ1) is 15.3. The van der Waals surface area contributed by atoms with Crippen LogP contribution in [0, 0.1) is 6.92 Å². The maximum absolute atomic E-state index is 13.2. The summed E-state index contributed by atoms with van der Waals surface area (Å²) in [4.78, 5) is 21.1. The Morgan fingerprint density at radius 1 is 1.03 bits per heavy atom. The Hall–Kier alpha value is -2.93. The number of hydrogen-bond donors (Lipinski definition) is 0. The monoisotopic (exact) mass is 455 g/mol. The SMILES string of the molecule is C=C(CC)N1CCc2cc(S(=O)(=O)N3CCN(c4cccc(C)c4)CC3)ccc21.O=C=O. The van der Waals surface area contributed by atoms with Gasteiger partial charge in [0.25, 0.3) is 0 Å². The maximum Gasteiger partial charge on any atom is 0.373 e. The molecule has 0 amide bonds. The second-order valence-electron chi connectivity index (χ2n) is 7.93. The molecule has 2 aromatic rings. The number of rotatable bonds is 5. The van der Waals surface area contributed by atoms with Crippen molar-refractivity contribution in [3.8, 4) is 0 Å². The van der Waals surface area contributed by atoms with Crippen LogP contribution in [-0.2, 0) is 26.0 Å². The predicted molar refractivity (Wildman–Crippen MR) is 124 cm³/mol. The molecule has 2 aromatic carbocycles. The van der Waals surface area contributed by atoms with Crippen molar-refractivity contribution in [1.29, 1.82) is 0 Å². The normalized spacial score (nSPS) is 16.1. The minimum Gasteiger partial charge on any atom is -0.369 e. The molecule has 4 rings (SSSR count). The van der Waals surface area contributed by atoms with Gasteiger partial charge in [0.15, 0.2) is 0 Å². The molecule has 7 nitrogen and oxygen atoms in total. The first-order valence-corrected chi connectivity index (χ1v) is 12.1. The standard InChI is InChI=1S/C23H29N3O2S.CO2/c1-4-19(3)26-11-10-20-17-22(8-9-23(20)26)29(27,28)25-14-12-24(13-15-25)21-7-5-6-18(2)16-21;2-1-3/h5-9,16-17H,3-4,10-15H2,1-2H3;. The molecule has 0 spiro atoms. The highest BCUT2D eigenvalue weighted by Crippen LogP contribution is 2.34. The number of carbonyl (C=O) groups excluding carboxylic acids is 2. The van der Waals surface area contributed by atoms with Crippen molar-refractivity contribution in [2.24, 2.45) is 0 Å². The van der Waals surface area contributed by atoms with Crippen LogP contribution < -0.4 is 9.80 Å². The maximum atomic E-state index is 13.2. The van der Waals surface area contributed by atoms with Crippen molar-refractivity contribution in [3.63, 3.8) is 0 Å². The van der Waals surface area contributed by atoms with Gasteiger partial charge in [-0.3, -0.25) is 0 Å². The lowest BCUT2D eigenvalue weighted by atomic mass is 10.2. The van der Waals surface area contributed by atoms with Crippen molar-refractivity contribution >= 4 is 27.5 Å². The third-order valence-corrected chi connectivity index (χ3v) is 7.87. The number of hydrogen-bond acceptors (Lipinski definition) is 6. The second-order valence-corrected chi connectivity index (χ2v) is 9.86. The van der Waals surface area contributed by atoms with E-state index in [0.717, 1.165) is 42.0 Å². The van der Waals surface area contributed by atoms with Gasteiger partial charge in [-0.05, 0) is 61.2 Å². The number of allylic oxidation sites excluding steroid dienone is 1. The lowest BCUT2D eigenvalue weighted by Gasteiger charge is -2.35. The second kappa shape index (κ2) is 10.1. The van der Waals surface area contributed by atoms with Crippen LogP contribution in [0.3, 0.4) is 0 Å². The molecule has 2 heterocycles. The van der Waals surface area contributed by atoms with Crippen molar-refractivity contribution in [3.05, 3.63) is 65.9 Å². The zero-order valence-corrected chi connectivity index (χ0v) is 19.4. The number of benzene rings is 2. The fourth-order valence-corrected chi connectivity index (χ4v) is 5.69. The summed E-state index contributed by atoms with van der Waals surface area (Å²) in [7, 11) is -3.47. The molecule has 2 aliphatic rings. The van der Waals surface area contributed by atoms with Crippen LogP contribution in [0.15, 0.2) is 59.6 Å². The van der Waals surface area contributed by atoms with E-state index in [4.69, 9.17) is 9.59 Å². The zero-order chi connectivity index (χ0) is 23.3. The highest BCUT2D eigenvalue weighted by atomic mass is 32.2. The summed E-state index contributed by atoms with van der Waals surface area (Å²) in [6.07, 6.45) is 2.00. The molecule has 1 saturated heterocycles. The third kappa shape index (κ3) is 4.93. The van der Waals surface area contributed by atoms with Gasteiger partial charge in [0.2, 0.25) is 10.0 Å². The molecule has 0 aromatic heterocycles. The van der Waals surface area contributed by atoms with Crippen LogP contribution >= 0.6 is 0 Å². The van der Waals surface area contributed by atoms with Crippen molar-refractivity contribution in [2.45, 2.75) is 31.6 Å². The molecular weight excluding hydrogens is 426 g/mol. The first kappa shape index (κ1) is 23.7. The van der Waals surface area contributed by atoms with Gasteiger partial charge in [-0.2, -0.15) is 13.9 Å². The highest BCUT2D eigenvalue weighted by molar-refractivity contribution is 7.89. The van der Waals surface area contributed by atoms with Crippen molar-refractivity contribution < 1.29 is 18.0 Å². The minimum absolute atomic E-state index is 0.250. The summed E-state index contributed by atoms with van der Waals surface area (Å²) < 4.78 is 28.1. The van der Waals surface area contributed by atoms with Gasteiger partial charge < -0.3 is 9.80 Å². The van der Waals surface area contributed by atoms with Gasteiger partial charge in [0, 0.05) is 49.8 Å². The lowest BCUT2D eigenvalue weighted by molar-refractivity contribution is -0.191. The van der Waals surface area contributed by atoms with Gasteiger partial charge in [-0.25, -0.2) is 8.42 Å². The molecule has 1 fully saturated rings. The van der Waals surface area contributed by atoms with Gasteiger partial charge in [0.05, 0.1) is 4.90 Å². The van der Waals surface area contributed by atoms with Crippen LogP contribution in [-0.4, -0.2) is 51.6 Å². The first-order valence-electron chi connectivity index (χ1n) is 10.7. The molecule has 170 valence electrons. The quantitative estimate of drug-likeness (QED) is 0.689. The minimum atomic E-state index is -3.47. The average Bonchev–Trinajstić information content (AvgIpc) is 3.22. The van der Waals surface area contributed by atoms with Gasteiger partial charge in [0.1, 0.15) is 0 Å². The Morgan fingerprint density at radius 3 is 2.34 bits per heavy atom. The van der Waals surface area contributed by atoms with Crippen LogP contribution in [0.5, 0.6) is 0 Å². The van der Waals surface area contributed by atoms with Crippen LogP contribution in [0.4, 0.5) is 11.4 Å². The van der Waals surface area contributed by atoms with E-state index in [0.29, 0.717) is 31.1 Å². The van der Waals surface area contributed by atoms with E-state index >= 15 is 0 Å². The van der Waals surface area contributed by atoms with Gasteiger partial charge in [-0.15, -0.1) is 0 Å². The Morgan fingerprint density at radius 2 is 1.72 bits per heavy atom. The molecule has 8 heteroatoms. The summed E-state index contributed by atoms with van der Waals surface area (Å²) in [6.45, 7) is 11.6. The number of fused-ring (bicyclic) bond motifs is 1. The molecule has 0 atom stereocenters. The van der Waals surface area contributed by atoms with E-state index < -0.39 is 10.0 Å². The molecule has 0 unspecified atom stereocenters. The Balaban J connectivity index is 0.000000913. The highest BCUT2D eigenvalue weighted by Gasteiger charge is 2.30. The number of sulfonamides is 1. The topological polar surface area (TPSA) is 78.0 Å². The van der Waals surface area contributed by atoms with Crippen LogP contribution in [0.2, 0.25) is 0 Å². The number of nitrogens with zero attached hydrogens (tertiary/aromatic N) is 3. The zero-order valence-electron chi connectivity index (χ0n) is 18.6. The number of anilines is 2. The van der Waals surface area contributed by atoms with E-state index in [1.165, 1.54) is 5.56 Å². The fourth-order valence-electron chi connectivity index (χ4n) is 4.22. The van der Waals surface area contributed by atoms with E-state index in [9.17, 15) is 8.42 Å². The number of aryl methyl sites for hydroxylation is 1. The molecule has 2 aliphatic heterocycles. The molecule has 0 saturated carbocycles. The smallest absolute Gasteiger partial charge is 0.369 e. The molecule has 0 N–H and O–H groups in total. The summed E-state index contributed by atoms with van der Waals surface area (Å²) in [6, 6.07) is 13.9. The van der Waals surface area contributed by atoms with E-state index in [1.807, 2.05) is 12.1 Å². The molecular formula is C24H29N3O4S. The summed E-state index contributed by atoms with van der Waals surface area (Å²) in [5, 5.41) is 0. The van der Waals surface area contributed by atoms with Gasteiger partial charge >= 0.3 is 6.15 Å². The fraction of sp³-hybridized carbons (Fsp3) is 0.375. The molecule has 0 radical (unpaired) electrons. The van der Waals surface area contributed by atoms with E-state index in [2.05, 4.69) is 54.5 Å². The largest absolute Gasteiger partial charge is 0.373 e. The van der Waals surface area contributed by atoms with Crippen LogP contribution in [0.1, 0.15) is 24.5 Å². The number of piperazine rings is 1. The molecule has 0 aliphatic carbocycles. The Labute approximate surface area is 190 Å². The molecule has 0 bridgehead atoms. The Bertz CT molecular complexity index is 1120. The average molecular weight is 456 g/mol. The van der Waals surface area contributed by atoms with Crippen molar-refractivity contribution in [1.82, 2.24) is 4.31 Å². The Kier molecular flexibility index (Phi) is 7.51. The summed E-state index contributed by atoms with van der Waals surface area (Å²) in [5.74, 6) is 0. The van der Waals surface area contributed by atoms with Crippen molar-refractivity contribution in [2.75, 3.05) is 42.5 Å².